The quantitative estimate of drug-likeness (QED) is 0.813. The molecule has 0 spiro atoms. The number of nitrogens with zero attached hydrogens (tertiary/aromatic N) is 1. The third-order valence-corrected chi connectivity index (χ3v) is 2.86. The molecule has 0 radical (unpaired) electrons. The fourth-order valence-corrected chi connectivity index (χ4v) is 2.50. The number of carbonyl (C=O) groups excluding carboxylic acids is 1. The van der Waals surface area contributed by atoms with Gasteiger partial charge in [-0.25, -0.2) is 0 Å². The monoisotopic (exact) mass is 263 g/mol. The van der Waals surface area contributed by atoms with E-state index in [1.165, 1.54) is 0 Å². The Kier molecular flexibility index (Phi) is 4.28. The number of amides is 1. The summed E-state index contributed by atoms with van der Waals surface area (Å²) in [7, 11) is 1.61. The Morgan fingerprint density at radius 2 is 1.58 bits per heavy atom. The van der Waals surface area contributed by atoms with Gasteiger partial charge in [0.25, 0.3) is 5.91 Å². The minimum absolute atomic E-state index is 0.0268. The zero-order valence-corrected chi connectivity index (χ0v) is 13.1. The molecule has 0 bridgehead atoms. The van der Waals surface area contributed by atoms with Crippen LogP contribution in [-0.4, -0.2) is 29.0 Å². The van der Waals surface area contributed by atoms with Crippen molar-refractivity contribution in [3.8, 4) is 5.75 Å². The molecule has 0 fully saturated rings. The van der Waals surface area contributed by atoms with E-state index in [-0.39, 0.29) is 17.0 Å². The van der Waals surface area contributed by atoms with Crippen molar-refractivity contribution in [3.05, 3.63) is 29.8 Å². The van der Waals surface area contributed by atoms with Gasteiger partial charge in [-0.05, 0) is 59.7 Å². The van der Waals surface area contributed by atoms with E-state index < -0.39 is 0 Å². The van der Waals surface area contributed by atoms with Crippen molar-refractivity contribution in [2.24, 2.45) is 0 Å². The molecule has 0 aromatic heterocycles. The van der Waals surface area contributed by atoms with Gasteiger partial charge in [0.2, 0.25) is 0 Å². The van der Waals surface area contributed by atoms with Crippen LogP contribution in [0.25, 0.3) is 0 Å². The summed E-state index contributed by atoms with van der Waals surface area (Å²) in [5.41, 5.74) is 0.181. The number of methoxy groups -OCH3 is 1. The lowest BCUT2D eigenvalue weighted by molar-refractivity contribution is 0.0270. The number of ether oxygens (including phenoxy) is 1. The molecule has 3 nitrogen and oxygen atoms in total. The summed E-state index contributed by atoms with van der Waals surface area (Å²) in [6, 6.07) is 7.30. The highest BCUT2D eigenvalue weighted by atomic mass is 16.5. The predicted octanol–water partition coefficient (Wildman–Crippen LogP) is 3.73. The molecule has 0 saturated carbocycles. The van der Waals surface area contributed by atoms with E-state index in [1.54, 1.807) is 13.2 Å². The molecular formula is C16H25NO2. The molecule has 3 heteroatoms. The van der Waals surface area contributed by atoms with Crippen molar-refractivity contribution in [3.63, 3.8) is 0 Å². The second-order valence-corrected chi connectivity index (χ2v) is 6.71. The van der Waals surface area contributed by atoms with E-state index in [0.717, 1.165) is 0 Å². The van der Waals surface area contributed by atoms with Gasteiger partial charge in [0.15, 0.2) is 0 Å². The van der Waals surface area contributed by atoms with Crippen LogP contribution in [0.15, 0.2) is 24.3 Å². The zero-order valence-electron chi connectivity index (χ0n) is 13.1. The van der Waals surface area contributed by atoms with E-state index in [4.69, 9.17) is 4.74 Å². The lowest BCUT2D eigenvalue weighted by Crippen LogP contribution is -2.55. The third kappa shape index (κ3) is 3.72. The Morgan fingerprint density at radius 1 is 1.05 bits per heavy atom. The first-order valence-corrected chi connectivity index (χ1v) is 6.56. The average Bonchev–Trinajstić information content (AvgIpc) is 2.25. The second-order valence-electron chi connectivity index (χ2n) is 6.71. The summed E-state index contributed by atoms with van der Waals surface area (Å²) in [6.45, 7) is 12.3. The SMILES string of the molecule is COc1cccc(C(=O)N(C(C)(C)C)C(C)(C)C)c1. The lowest BCUT2D eigenvalue weighted by atomic mass is 9.94. The van der Waals surface area contributed by atoms with Crippen LogP contribution in [0.1, 0.15) is 51.9 Å². The molecule has 0 saturated heterocycles. The van der Waals surface area contributed by atoms with Crippen LogP contribution < -0.4 is 4.74 Å². The molecule has 0 atom stereocenters. The Morgan fingerprint density at radius 3 is 2.00 bits per heavy atom. The van der Waals surface area contributed by atoms with Gasteiger partial charge in [-0.1, -0.05) is 6.07 Å². The third-order valence-electron chi connectivity index (χ3n) is 2.86. The van der Waals surface area contributed by atoms with Crippen molar-refractivity contribution in [1.29, 1.82) is 0 Å². The highest BCUT2D eigenvalue weighted by Crippen LogP contribution is 2.28. The molecule has 106 valence electrons. The molecule has 0 aliphatic carbocycles. The first-order chi connectivity index (χ1) is 8.57. The maximum absolute atomic E-state index is 12.8. The summed E-state index contributed by atoms with van der Waals surface area (Å²) in [5, 5.41) is 0. The van der Waals surface area contributed by atoms with Gasteiger partial charge in [-0.2, -0.15) is 0 Å². The number of carbonyl (C=O) groups is 1. The van der Waals surface area contributed by atoms with Crippen molar-refractivity contribution in [2.75, 3.05) is 7.11 Å². The zero-order chi connectivity index (χ0) is 14.8. The van der Waals surface area contributed by atoms with Gasteiger partial charge < -0.3 is 9.64 Å². The highest BCUT2D eigenvalue weighted by Gasteiger charge is 2.36. The number of benzene rings is 1. The molecule has 0 heterocycles. The van der Waals surface area contributed by atoms with Gasteiger partial charge in [0.1, 0.15) is 5.75 Å². The molecule has 0 unspecified atom stereocenters. The van der Waals surface area contributed by atoms with Crippen LogP contribution in [0.4, 0.5) is 0 Å². The van der Waals surface area contributed by atoms with E-state index in [9.17, 15) is 4.79 Å². The Balaban J connectivity index is 3.20. The molecule has 1 amide bonds. The van der Waals surface area contributed by atoms with E-state index >= 15 is 0 Å². The Hall–Kier alpha value is -1.51. The maximum Gasteiger partial charge on any atom is 0.254 e. The Bertz CT molecular complexity index is 439. The highest BCUT2D eigenvalue weighted by molar-refractivity contribution is 5.95. The van der Waals surface area contributed by atoms with E-state index in [1.807, 2.05) is 23.1 Å². The molecule has 1 rings (SSSR count). The van der Waals surface area contributed by atoms with Gasteiger partial charge in [0, 0.05) is 16.6 Å². The smallest absolute Gasteiger partial charge is 0.254 e. The summed E-state index contributed by atoms with van der Waals surface area (Å²) in [4.78, 5) is 14.7. The van der Waals surface area contributed by atoms with E-state index in [2.05, 4.69) is 41.5 Å². The van der Waals surface area contributed by atoms with Crippen LogP contribution in [-0.2, 0) is 0 Å². The van der Waals surface area contributed by atoms with Gasteiger partial charge >= 0.3 is 0 Å². The minimum Gasteiger partial charge on any atom is -0.497 e. The topological polar surface area (TPSA) is 29.5 Å². The van der Waals surface area contributed by atoms with Crippen LogP contribution in [0.3, 0.4) is 0 Å². The second kappa shape index (κ2) is 5.24. The molecule has 0 aliphatic heterocycles. The molecule has 1 aromatic carbocycles. The molecule has 19 heavy (non-hydrogen) atoms. The van der Waals surface area contributed by atoms with Crippen molar-refractivity contribution >= 4 is 5.91 Å². The van der Waals surface area contributed by atoms with Crippen LogP contribution >= 0.6 is 0 Å². The Labute approximate surface area is 116 Å². The van der Waals surface area contributed by atoms with Crippen molar-refractivity contribution < 1.29 is 9.53 Å². The van der Waals surface area contributed by atoms with Crippen LogP contribution in [0.5, 0.6) is 5.75 Å². The normalized spacial score (nSPS) is 12.2. The first-order valence-electron chi connectivity index (χ1n) is 6.56. The first kappa shape index (κ1) is 15.5. The van der Waals surface area contributed by atoms with E-state index in [0.29, 0.717) is 11.3 Å². The van der Waals surface area contributed by atoms with Gasteiger partial charge in [-0.3, -0.25) is 4.79 Å². The summed E-state index contributed by atoms with van der Waals surface area (Å²) in [6.07, 6.45) is 0. The molecule has 1 aromatic rings. The van der Waals surface area contributed by atoms with Crippen molar-refractivity contribution in [1.82, 2.24) is 4.90 Å². The molecule has 0 N–H and O–H groups in total. The maximum atomic E-state index is 12.8. The molecule has 0 aliphatic rings. The predicted molar refractivity (Wildman–Crippen MR) is 78.7 cm³/mol. The summed E-state index contributed by atoms with van der Waals surface area (Å²) in [5.74, 6) is 0.729. The number of rotatable bonds is 2. The standard InChI is InChI=1S/C16H25NO2/c1-15(2,3)17(16(4,5)6)14(18)12-9-8-10-13(11-12)19-7/h8-11H,1-7H3. The summed E-state index contributed by atoms with van der Waals surface area (Å²) < 4.78 is 5.19. The van der Waals surface area contributed by atoms with Gasteiger partial charge in [-0.15, -0.1) is 0 Å². The largest absolute Gasteiger partial charge is 0.497 e. The number of hydrogen-bond donors (Lipinski definition) is 0. The average molecular weight is 263 g/mol. The molecular weight excluding hydrogens is 238 g/mol. The van der Waals surface area contributed by atoms with Crippen LogP contribution in [0.2, 0.25) is 0 Å². The minimum atomic E-state index is -0.238. The number of hydrogen-bond acceptors (Lipinski definition) is 2. The lowest BCUT2D eigenvalue weighted by Gasteiger charge is -2.45. The summed E-state index contributed by atoms with van der Waals surface area (Å²) >= 11 is 0. The fraction of sp³-hybridized carbons (Fsp3) is 0.562. The van der Waals surface area contributed by atoms with Gasteiger partial charge in [0.05, 0.1) is 7.11 Å². The van der Waals surface area contributed by atoms with Crippen LogP contribution in [0, 0.1) is 0 Å². The fourth-order valence-electron chi connectivity index (χ4n) is 2.50. The van der Waals surface area contributed by atoms with Crippen molar-refractivity contribution in [2.45, 2.75) is 52.6 Å².